The molecule has 0 radical (unpaired) electrons. The molecule has 0 aromatic carbocycles. The van der Waals surface area contributed by atoms with Gasteiger partial charge >= 0.3 is 0 Å². The number of fused-ring (bicyclic) bond motifs is 4. The van der Waals surface area contributed by atoms with Gasteiger partial charge in [0.2, 0.25) is 11.6 Å². The first-order valence-electron chi connectivity index (χ1n) is 15.3. The lowest BCUT2D eigenvalue weighted by Crippen LogP contribution is -2.50. The van der Waals surface area contributed by atoms with E-state index in [-0.39, 0.29) is 40.8 Å². The van der Waals surface area contributed by atoms with E-state index in [9.17, 15) is 20.1 Å². The molecule has 1 aromatic rings. The van der Waals surface area contributed by atoms with Gasteiger partial charge in [-0.2, -0.15) is 0 Å². The molecule has 9 atom stereocenters. The summed E-state index contributed by atoms with van der Waals surface area (Å²) in [4.78, 5) is 18.5. The molecule has 42 heavy (non-hydrogen) atoms. The third-order valence-electron chi connectivity index (χ3n) is 9.62. The number of hydrogen-bond donors (Lipinski definition) is 3. The minimum atomic E-state index is -1.76. The van der Waals surface area contributed by atoms with Crippen LogP contribution < -0.4 is 0 Å². The first-order valence-corrected chi connectivity index (χ1v) is 16.1. The maximum Gasteiger partial charge on any atom is 0.244 e. The van der Waals surface area contributed by atoms with Crippen LogP contribution in [-0.4, -0.2) is 50.2 Å². The standard InChI is InChI=1S/C34H45NO6S/c1-17-11-12-24-21(5)28(36)22(6)31(40-24)26-27-32(23(7)29(37)30(26)38)41-34(39,20(4)16-19(3)15-18(2)14-17)33(27)42-25-10-8-9-13-35-25/h8-10,13-14,17,19-22,24,28,31,36,38-39H,11-12,15-16H2,1-7H3/b18-14+/t17-,19-,20-,21+,22-,24-,28+,31-,34+/m1/s1. The van der Waals surface area contributed by atoms with Crippen molar-refractivity contribution < 1.29 is 29.6 Å². The number of pyridine rings is 1. The molecule has 4 heterocycles. The molecule has 8 heteroatoms. The number of Topliss-reactive ketones (excluding diaryl/α,β-unsaturated/α-hetero) is 1. The summed E-state index contributed by atoms with van der Waals surface area (Å²) in [6.07, 6.45) is 5.46. The van der Waals surface area contributed by atoms with Crippen LogP contribution in [0.4, 0.5) is 0 Å². The van der Waals surface area contributed by atoms with Gasteiger partial charge in [0.05, 0.1) is 23.2 Å². The summed E-state index contributed by atoms with van der Waals surface area (Å²) in [5.74, 6) is -2.74. The van der Waals surface area contributed by atoms with Crippen LogP contribution in [-0.2, 0) is 14.3 Å². The van der Waals surface area contributed by atoms with E-state index >= 15 is 0 Å². The average Bonchev–Trinajstić information content (AvgIpc) is 3.24. The van der Waals surface area contributed by atoms with Crippen LogP contribution in [0.1, 0.15) is 74.1 Å². The number of carbonyl (C=O) groups excluding carboxylic acids is 1. The molecule has 1 saturated heterocycles. The number of hydrogen-bond acceptors (Lipinski definition) is 8. The number of aliphatic hydroxyl groups excluding tert-OH is 2. The van der Waals surface area contributed by atoms with Crippen LogP contribution in [0.3, 0.4) is 0 Å². The van der Waals surface area contributed by atoms with Crippen molar-refractivity contribution in [1.29, 1.82) is 0 Å². The fourth-order valence-electron chi connectivity index (χ4n) is 7.24. The van der Waals surface area contributed by atoms with Crippen molar-refractivity contribution in [3.05, 3.63) is 69.2 Å². The molecule has 0 spiro atoms. The van der Waals surface area contributed by atoms with Crippen LogP contribution in [0.5, 0.6) is 0 Å². The Morgan fingerprint density at radius 3 is 2.50 bits per heavy atom. The second kappa shape index (κ2) is 11.9. The van der Waals surface area contributed by atoms with Crippen LogP contribution in [0, 0.1) is 29.6 Å². The molecule has 1 aromatic heterocycles. The summed E-state index contributed by atoms with van der Waals surface area (Å²) in [5, 5.41) is 36.1. The van der Waals surface area contributed by atoms with Crippen molar-refractivity contribution in [2.45, 2.75) is 103 Å². The smallest absolute Gasteiger partial charge is 0.244 e. The lowest BCUT2D eigenvalue weighted by molar-refractivity contribution is -0.167. The zero-order valence-corrected chi connectivity index (χ0v) is 26.6. The van der Waals surface area contributed by atoms with Gasteiger partial charge in [0.1, 0.15) is 10.8 Å². The Labute approximate surface area is 253 Å². The van der Waals surface area contributed by atoms with Gasteiger partial charge in [-0.15, -0.1) is 0 Å². The zero-order valence-electron chi connectivity index (χ0n) is 25.8. The summed E-state index contributed by atoms with van der Waals surface area (Å²) in [6, 6.07) is 5.57. The van der Waals surface area contributed by atoms with E-state index < -0.39 is 35.5 Å². The van der Waals surface area contributed by atoms with E-state index in [1.807, 2.05) is 39.0 Å². The number of aromatic nitrogens is 1. The van der Waals surface area contributed by atoms with Gasteiger partial charge in [0.15, 0.2) is 5.76 Å². The molecule has 228 valence electrons. The highest BCUT2D eigenvalue weighted by Crippen LogP contribution is 2.56. The van der Waals surface area contributed by atoms with Gasteiger partial charge in [-0.05, 0) is 63.5 Å². The van der Waals surface area contributed by atoms with Crippen molar-refractivity contribution in [3.63, 3.8) is 0 Å². The van der Waals surface area contributed by atoms with E-state index in [2.05, 4.69) is 31.8 Å². The Bertz CT molecular complexity index is 1350. The fourth-order valence-corrected chi connectivity index (χ4v) is 8.40. The molecule has 4 aliphatic rings. The van der Waals surface area contributed by atoms with Gasteiger partial charge in [0, 0.05) is 40.7 Å². The number of carbonyl (C=O) groups is 1. The van der Waals surface area contributed by atoms with E-state index in [0.29, 0.717) is 27.8 Å². The van der Waals surface area contributed by atoms with Crippen LogP contribution in [0.15, 0.2) is 74.2 Å². The van der Waals surface area contributed by atoms with E-state index in [1.54, 1.807) is 13.1 Å². The molecule has 0 unspecified atom stereocenters. The predicted octanol–water partition coefficient (Wildman–Crippen LogP) is 6.64. The van der Waals surface area contributed by atoms with Gasteiger partial charge in [-0.3, -0.25) is 4.79 Å². The number of thioether (sulfide) groups is 1. The summed E-state index contributed by atoms with van der Waals surface area (Å²) < 4.78 is 13.2. The molecule has 3 N–H and O–H groups in total. The highest BCUT2D eigenvalue weighted by Gasteiger charge is 2.55. The van der Waals surface area contributed by atoms with Crippen molar-refractivity contribution in [3.8, 4) is 0 Å². The summed E-state index contributed by atoms with van der Waals surface area (Å²) in [7, 11) is 0. The van der Waals surface area contributed by atoms with Crippen molar-refractivity contribution >= 4 is 17.5 Å². The topological polar surface area (TPSA) is 109 Å². The monoisotopic (exact) mass is 595 g/mol. The van der Waals surface area contributed by atoms with E-state index in [4.69, 9.17) is 9.47 Å². The quantitative estimate of drug-likeness (QED) is 0.326. The maximum atomic E-state index is 13.5. The fraction of sp³-hybridized carbons (Fsp3) is 0.588. The third kappa shape index (κ3) is 5.51. The number of rotatable bonds is 2. The van der Waals surface area contributed by atoms with Crippen LogP contribution in [0.25, 0.3) is 0 Å². The average molecular weight is 596 g/mol. The van der Waals surface area contributed by atoms with Crippen LogP contribution in [0.2, 0.25) is 0 Å². The normalized spacial score (nSPS) is 39.3. The number of allylic oxidation sites excluding steroid dienone is 4. The largest absolute Gasteiger partial charge is 0.504 e. The molecular weight excluding hydrogens is 550 g/mol. The van der Waals surface area contributed by atoms with E-state index in [0.717, 1.165) is 19.3 Å². The van der Waals surface area contributed by atoms with Crippen molar-refractivity contribution in [1.82, 2.24) is 4.98 Å². The third-order valence-corrected chi connectivity index (χ3v) is 10.8. The van der Waals surface area contributed by atoms with Crippen molar-refractivity contribution in [2.75, 3.05) is 0 Å². The highest BCUT2D eigenvalue weighted by atomic mass is 32.2. The lowest BCUT2D eigenvalue weighted by Gasteiger charge is -2.44. The number of ether oxygens (including phenoxy) is 2. The van der Waals surface area contributed by atoms with Gasteiger partial charge in [-0.1, -0.05) is 64.1 Å². The molecule has 4 bridgehead atoms. The molecule has 1 fully saturated rings. The number of aliphatic hydroxyl groups is 3. The molecule has 0 saturated carbocycles. The predicted molar refractivity (Wildman–Crippen MR) is 163 cm³/mol. The summed E-state index contributed by atoms with van der Waals surface area (Å²) in [5.41, 5.74) is 2.32. The number of nitrogens with zero attached hydrogens (tertiary/aromatic N) is 1. The second-order valence-corrected chi connectivity index (χ2v) is 14.2. The first-order chi connectivity index (χ1) is 19.8. The molecule has 7 nitrogen and oxygen atoms in total. The molecule has 0 amide bonds. The Hall–Kier alpha value is -2.39. The van der Waals surface area contributed by atoms with Gasteiger partial charge < -0.3 is 24.8 Å². The van der Waals surface area contributed by atoms with Crippen LogP contribution >= 0.6 is 11.8 Å². The van der Waals surface area contributed by atoms with E-state index in [1.165, 1.54) is 17.3 Å². The Kier molecular flexibility index (Phi) is 8.83. The maximum absolute atomic E-state index is 13.5. The second-order valence-electron chi connectivity index (χ2n) is 13.1. The SMILES string of the molecule is CC1=C2O[C@]3(O)C(Sc4ccccn4)=C2C(=C(O)C1=O)[C@@H]1O[C@H](CC[C@@H](C)/C=C(\C)C[C@@H](C)C[C@H]3C)[C@H](C)[C@H](O)[C@H]1C. The Balaban J connectivity index is 1.73. The minimum Gasteiger partial charge on any atom is -0.504 e. The summed E-state index contributed by atoms with van der Waals surface area (Å²) in [6.45, 7) is 14.1. The summed E-state index contributed by atoms with van der Waals surface area (Å²) >= 11 is 1.28. The Morgan fingerprint density at radius 2 is 1.81 bits per heavy atom. The highest BCUT2D eigenvalue weighted by molar-refractivity contribution is 8.03. The molecule has 5 rings (SSSR count). The molecule has 3 aliphatic heterocycles. The van der Waals surface area contributed by atoms with Gasteiger partial charge in [-0.25, -0.2) is 4.98 Å². The minimum absolute atomic E-state index is 0.126. The van der Waals surface area contributed by atoms with Gasteiger partial charge in [0.25, 0.3) is 0 Å². The Morgan fingerprint density at radius 1 is 1.07 bits per heavy atom. The number of ketones is 1. The zero-order chi connectivity index (χ0) is 30.5. The lowest BCUT2D eigenvalue weighted by atomic mass is 9.75. The molecule has 1 aliphatic carbocycles. The van der Waals surface area contributed by atoms with Crippen molar-refractivity contribution in [2.24, 2.45) is 29.6 Å². The first kappa shape index (κ1) is 31.0. The molecular formula is C34H45NO6S.